The Bertz CT molecular complexity index is 260. The zero-order valence-corrected chi connectivity index (χ0v) is 8.93. The summed E-state index contributed by atoms with van der Waals surface area (Å²) in [5, 5.41) is 0. The molecule has 1 radical (unpaired) electrons. The van der Waals surface area contributed by atoms with Crippen molar-refractivity contribution < 1.29 is 41.9 Å². The first-order chi connectivity index (χ1) is 4.74. The van der Waals surface area contributed by atoms with Gasteiger partial charge in [-0.3, -0.25) is 4.39 Å². The van der Waals surface area contributed by atoms with E-state index in [9.17, 15) is 9.18 Å². The molecule has 0 N–H and O–H groups in total. The number of aldehydes is 1. The van der Waals surface area contributed by atoms with Gasteiger partial charge in [-0.2, -0.15) is 0 Å². The van der Waals surface area contributed by atoms with Crippen molar-refractivity contribution in [1.29, 1.82) is 0 Å². The maximum Gasteiger partial charge on any atom is 0.0683 e. The molecule has 0 spiro atoms. The number of halogens is 1. The number of carbonyl (C=O) groups is 1. The van der Waals surface area contributed by atoms with Gasteiger partial charge >= 0.3 is 0 Å². The van der Waals surface area contributed by atoms with Crippen molar-refractivity contribution in [3.63, 3.8) is 0 Å². The Morgan fingerprint density at radius 1 is 1.55 bits per heavy atom. The van der Waals surface area contributed by atoms with Gasteiger partial charge in [-0.05, 0) is 0 Å². The van der Waals surface area contributed by atoms with E-state index in [0.717, 1.165) is 5.56 Å². The normalized spacial score (nSPS) is 8.55. The van der Waals surface area contributed by atoms with Crippen LogP contribution in [-0.2, 0) is 32.7 Å². The van der Waals surface area contributed by atoms with Gasteiger partial charge in [0.25, 0.3) is 0 Å². The molecule has 0 unspecified atom stereocenters. The van der Waals surface area contributed by atoms with Crippen molar-refractivity contribution in [3.8, 4) is 0 Å². The summed E-state index contributed by atoms with van der Waals surface area (Å²) >= 11 is 0. The second-order valence-electron chi connectivity index (χ2n) is 2.02. The fraction of sp³-hybridized carbons (Fsp3) is 0.125. The molecule has 11 heavy (non-hydrogen) atoms. The predicted octanol–water partition coefficient (Wildman–Crippen LogP) is 1.74. The van der Waals surface area contributed by atoms with E-state index in [2.05, 4.69) is 6.07 Å². The van der Waals surface area contributed by atoms with Gasteiger partial charge in [0.05, 0.1) is 6.29 Å². The van der Waals surface area contributed by atoms with E-state index >= 15 is 0 Å². The van der Waals surface area contributed by atoms with Gasteiger partial charge in [-0.15, -0.1) is 23.8 Å². The molecule has 3 heteroatoms. The van der Waals surface area contributed by atoms with Crippen molar-refractivity contribution >= 4 is 6.29 Å². The van der Waals surface area contributed by atoms with Gasteiger partial charge in [0.2, 0.25) is 0 Å². The molecule has 55 valence electrons. The molecule has 0 bridgehead atoms. The predicted molar refractivity (Wildman–Crippen MR) is 35.4 cm³/mol. The summed E-state index contributed by atoms with van der Waals surface area (Å²) in [4.78, 5) is 10.1. The van der Waals surface area contributed by atoms with Crippen LogP contribution < -0.4 is 0 Å². The van der Waals surface area contributed by atoms with E-state index in [0.29, 0.717) is 6.29 Å². The summed E-state index contributed by atoms with van der Waals surface area (Å²) in [6, 6.07) is 5.41. The van der Waals surface area contributed by atoms with Crippen LogP contribution in [0.3, 0.4) is 0 Å². The molecule has 1 nitrogen and oxygen atoms in total. The summed E-state index contributed by atoms with van der Waals surface area (Å²) in [7, 11) is 0. The van der Waals surface area contributed by atoms with Crippen LogP contribution in [-0.4, -0.2) is 6.29 Å². The van der Waals surface area contributed by atoms with Gasteiger partial charge in [0.15, 0.2) is 0 Å². The van der Waals surface area contributed by atoms with Crippen LogP contribution in [0.25, 0.3) is 0 Å². The molecule has 1 aromatic rings. The van der Waals surface area contributed by atoms with Gasteiger partial charge in [-0.1, -0.05) is 12.5 Å². The van der Waals surface area contributed by atoms with E-state index in [1.54, 1.807) is 13.0 Å². The number of benzene rings is 1. The number of carbonyl (C=O) groups excluding carboxylic acids is 1. The maximum absolute atomic E-state index is 12.5. The zero-order valence-electron chi connectivity index (χ0n) is 6.10. The van der Waals surface area contributed by atoms with Crippen LogP contribution in [0.4, 0.5) is 4.39 Å². The first kappa shape index (κ1) is 10.9. The van der Waals surface area contributed by atoms with E-state index < -0.39 is 5.82 Å². The van der Waals surface area contributed by atoms with Crippen molar-refractivity contribution in [2.45, 2.75) is 6.92 Å². The Hall–Kier alpha value is -0.0761. The van der Waals surface area contributed by atoms with Crippen molar-refractivity contribution in [2.24, 2.45) is 0 Å². The smallest absolute Gasteiger partial charge is 0.0683 e. The average Bonchev–Trinajstić information content (AvgIpc) is 1.94. The molecule has 0 saturated heterocycles. The van der Waals surface area contributed by atoms with Gasteiger partial charge < -0.3 is 4.79 Å². The summed E-state index contributed by atoms with van der Waals surface area (Å²) in [5.41, 5.74) is 0.767. The molecular weight excluding hydrogens is 220 g/mol. The Kier molecular flexibility index (Phi) is 4.70. The molecule has 1 rings (SSSR count). The maximum atomic E-state index is 12.5. The number of hydrogen-bond donors (Lipinski definition) is 0. The van der Waals surface area contributed by atoms with Crippen LogP contribution in [0.1, 0.15) is 15.9 Å². The summed E-state index contributed by atoms with van der Waals surface area (Å²) < 4.78 is 12.5. The van der Waals surface area contributed by atoms with Crippen molar-refractivity contribution in [1.82, 2.24) is 0 Å². The topological polar surface area (TPSA) is 17.1 Å². The fourth-order valence-corrected chi connectivity index (χ4v) is 0.687. The Balaban J connectivity index is 0.000001000. The van der Waals surface area contributed by atoms with Crippen molar-refractivity contribution in [2.75, 3.05) is 0 Å². The van der Waals surface area contributed by atoms with Crippen LogP contribution in [0.15, 0.2) is 12.1 Å². The third-order valence-corrected chi connectivity index (χ3v) is 1.19. The van der Waals surface area contributed by atoms with Gasteiger partial charge in [-0.25, -0.2) is 0 Å². The molecular formula is C8H6FOY-. The van der Waals surface area contributed by atoms with E-state index in [-0.39, 0.29) is 38.3 Å². The van der Waals surface area contributed by atoms with Crippen LogP contribution in [0.5, 0.6) is 0 Å². The first-order valence-electron chi connectivity index (χ1n) is 2.87. The second-order valence-corrected chi connectivity index (χ2v) is 2.02. The number of rotatable bonds is 1. The van der Waals surface area contributed by atoms with Crippen LogP contribution >= 0.6 is 0 Å². The fourth-order valence-electron chi connectivity index (χ4n) is 0.687. The third-order valence-electron chi connectivity index (χ3n) is 1.19. The Morgan fingerprint density at radius 3 is 2.64 bits per heavy atom. The Labute approximate surface area is 89.9 Å². The minimum Gasteiger partial charge on any atom is -0.355 e. The molecule has 0 saturated carbocycles. The van der Waals surface area contributed by atoms with Crippen molar-refractivity contribution in [3.05, 3.63) is 35.1 Å². The molecule has 0 aliphatic heterocycles. The molecule has 0 amide bonds. The SMILES string of the molecule is Cc1[c-]c(C=O)c(F)cc1.[Y]. The molecule has 0 fully saturated rings. The van der Waals surface area contributed by atoms with E-state index in [1.807, 2.05) is 0 Å². The van der Waals surface area contributed by atoms with Crippen LogP contribution in [0.2, 0.25) is 0 Å². The molecule has 0 aromatic heterocycles. The summed E-state index contributed by atoms with van der Waals surface area (Å²) in [6.45, 7) is 1.76. The average molecular weight is 226 g/mol. The zero-order chi connectivity index (χ0) is 7.56. The van der Waals surface area contributed by atoms with E-state index in [1.165, 1.54) is 6.07 Å². The summed E-state index contributed by atoms with van der Waals surface area (Å²) in [5.74, 6) is -0.513. The standard InChI is InChI=1S/C8H6FO.Y/c1-6-2-3-8(9)7(4-6)5-10;/h2-3,5H,1H3;/q-1;. The Morgan fingerprint density at radius 2 is 2.18 bits per heavy atom. The number of hydrogen-bond acceptors (Lipinski definition) is 1. The molecule has 1 aromatic carbocycles. The molecule has 0 heterocycles. The quantitative estimate of drug-likeness (QED) is 0.526. The van der Waals surface area contributed by atoms with Gasteiger partial charge in [0.1, 0.15) is 0 Å². The first-order valence-corrected chi connectivity index (χ1v) is 2.87. The minimum atomic E-state index is -0.513. The second kappa shape index (κ2) is 4.73. The minimum absolute atomic E-state index is 0. The molecule has 0 aliphatic rings. The molecule has 0 aliphatic carbocycles. The molecule has 0 atom stereocenters. The third kappa shape index (κ3) is 2.80. The van der Waals surface area contributed by atoms with E-state index in [4.69, 9.17) is 0 Å². The van der Waals surface area contributed by atoms with Gasteiger partial charge in [0, 0.05) is 38.5 Å². The number of aryl methyl sites for hydroxylation is 1. The monoisotopic (exact) mass is 226 g/mol. The van der Waals surface area contributed by atoms with Crippen LogP contribution in [0, 0.1) is 18.8 Å². The largest absolute Gasteiger partial charge is 0.355 e. The summed E-state index contributed by atoms with van der Waals surface area (Å²) in [6.07, 6.45) is 0.461.